The number of hydrogen-bond acceptors (Lipinski definition) is 3. The van der Waals surface area contributed by atoms with E-state index in [4.69, 9.17) is 5.11 Å². The summed E-state index contributed by atoms with van der Waals surface area (Å²) in [6.45, 7) is 0.580. The molecule has 2 aromatic carbocycles. The molecular weight excluding hydrogens is 322 g/mol. The van der Waals surface area contributed by atoms with Gasteiger partial charge in [-0.25, -0.2) is 0 Å². The lowest BCUT2D eigenvalue weighted by Gasteiger charge is -2.31. The van der Waals surface area contributed by atoms with Crippen molar-refractivity contribution in [2.24, 2.45) is 11.8 Å². The van der Waals surface area contributed by atoms with Gasteiger partial charge in [-0.2, -0.15) is 11.8 Å². The number of carboxylic acid groups (broad SMARTS) is 1. The minimum Gasteiger partial charge on any atom is -0.481 e. The number of carboxylic acids is 1. The highest BCUT2D eigenvalue weighted by atomic mass is 32.2. The Morgan fingerprint density at radius 3 is 2.58 bits per heavy atom. The van der Waals surface area contributed by atoms with Crippen molar-refractivity contribution in [3.8, 4) is 0 Å². The number of rotatable bonds is 7. The second kappa shape index (κ2) is 7.71. The predicted molar refractivity (Wildman–Crippen MR) is 97.0 cm³/mol. The Balaban J connectivity index is 1.42. The Hall–Kier alpha value is -2.01. The maximum absolute atomic E-state index is 12.0. The third-order valence-corrected chi connectivity index (χ3v) is 5.62. The molecule has 4 nitrogen and oxygen atoms in total. The molecule has 24 heavy (non-hydrogen) atoms. The fraction of sp³-hybridized carbons (Fsp3) is 0.368. The minimum absolute atomic E-state index is 0.112. The largest absolute Gasteiger partial charge is 0.481 e. The highest BCUT2D eigenvalue weighted by Crippen LogP contribution is 2.34. The van der Waals surface area contributed by atoms with Crippen LogP contribution >= 0.6 is 11.8 Å². The van der Waals surface area contributed by atoms with Gasteiger partial charge < -0.3 is 10.4 Å². The summed E-state index contributed by atoms with van der Waals surface area (Å²) in [5, 5.41) is 14.4. The van der Waals surface area contributed by atoms with Crippen LogP contribution in [0.1, 0.15) is 18.4 Å². The monoisotopic (exact) mass is 343 g/mol. The van der Waals surface area contributed by atoms with E-state index in [0.29, 0.717) is 19.4 Å². The first-order valence-electron chi connectivity index (χ1n) is 8.21. The van der Waals surface area contributed by atoms with E-state index >= 15 is 0 Å². The Kier molecular flexibility index (Phi) is 5.41. The summed E-state index contributed by atoms with van der Waals surface area (Å²) in [5.41, 5.74) is 1.30. The molecule has 5 heteroatoms. The molecule has 0 radical (unpaired) electrons. The third-order valence-electron chi connectivity index (χ3n) is 4.61. The summed E-state index contributed by atoms with van der Waals surface area (Å²) in [4.78, 5) is 22.9. The summed E-state index contributed by atoms with van der Waals surface area (Å²) in [6.07, 6.45) is 1.30. The fourth-order valence-corrected chi connectivity index (χ4v) is 3.95. The molecule has 0 spiro atoms. The smallest absolute Gasteiger partial charge is 0.307 e. The number of nitrogens with one attached hydrogen (secondary N) is 1. The minimum atomic E-state index is -0.855. The average molecular weight is 343 g/mol. The summed E-state index contributed by atoms with van der Waals surface area (Å²) >= 11 is 1.78. The topological polar surface area (TPSA) is 66.4 Å². The lowest BCUT2D eigenvalue weighted by molar-refractivity contribution is -0.152. The zero-order valence-corrected chi connectivity index (χ0v) is 14.2. The lowest BCUT2D eigenvalue weighted by Crippen LogP contribution is -2.44. The van der Waals surface area contributed by atoms with Crippen molar-refractivity contribution < 1.29 is 14.7 Å². The van der Waals surface area contributed by atoms with Gasteiger partial charge in [0, 0.05) is 18.1 Å². The molecule has 0 aromatic heterocycles. The molecule has 2 unspecified atom stereocenters. The van der Waals surface area contributed by atoms with Crippen LogP contribution in [0.2, 0.25) is 0 Å². The lowest BCUT2D eigenvalue weighted by atomic mass is 9.73. The first-order chi connectivity index (χ1) is 11.7. The van der Waals surface area contributed by atoms with Crippen molar-refractivity contribution in [3.63, 3.8) is 0 Å². The van der Waals surface area contributed by atoms with E-state index in [9.17, 15) is 9.59 Å². The van der Waals surface area contributed by atoms with Gasteiger partial charge in [0.1, 0.15) is 0 Å². The zero-order valence-electron chi connectivity index (χ0n) is 13.4. The second-order valence-corrected chi connectivity index (χ2v) is 7.22. The van der Waals surface area contributed by atoms with Gasteiger partial charge in [-0.15, -0.1) is 0 Å². The standard InChI is InChI=1S/C19H21NO3S/c21-18(16-8-9-17(16)19(22)23)20-10-11-24-12-14-6-3-5-13-4-1-2-7-15(13)14/h1-7,16-17H,8-12H2,(H,20,21)(H,22,23). The Morgan fingerprint density at radius 2 is 1.83 bits per heavy atom. The molecule has 1 aliphatic rings. The van der Waals surface area contributed by atoms with E-state index in [1.54, 1.807) is 11.8 Å². The van der Waals surface area contributed by atoms with E-state index in [1.807, 2.05) is 12.1 Å². The molecule has 0 bridgehead atoms. The van der Waals surface area contributed by atoms with Crippen molar-refractivity contribution in [1.29, 1.82) is 0 Å². The van der Waals surface area contributed by atoms with Gasteiger partial charge in [0.05, 0.1) is 11.8 Å². The van der Waals surface area contributed by atoms with E-state index < -0.39 is 11.9 Å². The Labute approximate surface area is 145 Å². The molecule has 2 N–H and O–H groups in total. The molecule has 1 fully saturated rings. The summed E-state index contributed by atoms with van der Waals surface area (Å²) < 4.78 is 0. The van der Waals surface area contributed by atoms with Gasteiger partial charge in [0.2, 0.25) is 5.91 Å². The van der Waals surface area contributed by atoms with E-state index in [0.717, 1.165) is 11.5 Å². The SMILES string of the molecule is O=C(O)C1CCC1C(=O)NCCSCc1cccc2ccccc12. The van der Waals surface area contributed by atoms with Crippen LogP contribution in [0.3, 0.4) is 0 Å². The van der Waals surface area contributed by atoms with Crippen LogP contribution in [0.25, 0.3) is 10.8 Å². The van der Waals surface area contributed by atoms with Crippen molar-refractivity contribution in [3.05, 3.63) is 48.0 Å². The van der Waals surface area contributed by atoms with Crippen LogP contribution in [-0.2, 0) is 15.3 Å². The molecule has 1 amide bonds. The van der Waals surface area contributed by atoms with Crippen molar-refractivity contribution in [1.82, 2.24) is 5.32 Å². The first-order valence-corrected chi connectivity index (χ1v) is 9.37. The summed E-state index contributed by atoms with van der Waals surface area (Å²) in [7, 11) is 0. The quantitative estimate of drug-likeness (QED) is 0.757. The van der Waals surface area contributed by atoms with Crippen LogP contribution in [0, 0.1) is 11.8 Å². The van der Waals surface area contributed by atoms with Gasteiger partial charge in [-0.1, -0.05) is 42.5 Å². The van der Waals surface area contributed by atoms with E-state index in [1.165, 1.54) is 16.3 Å². The number of amides is 1. The van der Waals surface area contributed by atoms with Gasteiger partial charge >= 0.3 is 5.97 Å². The average Bonchev–Trinajstić information content (AvgIpc) is 2.53. The van der Waals surface area contributed by atoms with Crippen molar-refractivity contribution in [2.45, 2.75) is 18.6 Å². The van der Waals surface area contributed by atoms with Gasteiger partial charge in [-0.05, 0) is 29.2 Å². The normalized spacial score (nSPS) is 19.7. The molecule has 126 valence electrons. The van der Waals surface area contributed by atoms with Crippen LogP contribution in [0.4, 0.5) is 0 Å². The zero-order chi connectivity index (χ0) is 16.9. The highest BCUT2D eigenvalue weighted by molar-refractivity contribution is 7.98. The number of benzene rings is 2. The highest BCUT2D eigenvalue weighted by Gasteiger charge is 2.41. The molecule has 0 saturated heterocycles. The maximum atomic E-state index is 12.0. The number of hydrogen-bond donors (Lipinski definition) is 2. The molecule has 0 heterocycles. The van der Waals surface area contributed by atoms with Gasteiger partial charge in [-0.3, -0.25) is 9.59 Å². The molecule has 1 aliphatic carbocycles. The summed E-state index contributed by atoms with van der Waals surface area (Å²) in [6, 6.07) is 14.7. The molecule has 3 rings (SSSR count). The molecule has 1 saturated carbocycles. The number of aliphatic carboxylic acids is 1. The van der Waals surface area contributed by atoms with Gasteiger partial charge in [0.25, 0.3) is 0 Å². The molecule has 0 aliphatic heterocycles. The van der Waals surface area contributed by atoms with Crippen LogP contribution in [0.5, 0.6) is 0 Å². The van der Waals surface area contributed by atoms with Crippen LogP contribution < -0.4 is 5.32 Å². The van der Waals surface area contributed by atoms with Crippen LogP contribution in [0.15, 0.2) is 42.5 Å². The second-order valence-electron chi connectivity index (χ2n) is 6.11. The summed E-state index contributed by atoms with van der Waals surface area (Å²) in [5.74, 6) is -0.0808. The molecule has 2 aromatic rings. The van der Waals surface area contributed by atoms with Crippen LogP contribution in [-0.4, -0.2) is 29.3 Å². The van der Waals surface area contributed by atoms with Gasteiger partial charge in [0.15, 0.2) is 0 Å². The predicted octanol–water partition coefficient (Wildman–Crippen LogP) is 3.30. The Morgan fingerprint density at radius 1 is 1.08 bits per heavy atom. The third kappa shape index (κ3) is 3.73. The molecule has 2 atom stereocenters. The number of carbonyl (C=O) groups excluding carboxylic acids is 1. The van der Waals surface area contributed by atoms with E-state index in [-0.39, 0.29) is 11.8 Å². The first kappa shape index (κ1) is 16.8. The van der Waals surface area contributed by atoms with Crippen molar-refractivity contribution in [2.75, 3.05) is 12.3 Å². The number of thioether (sulfide) groups is 1. The fourth-order valence-electron chi connectivity index (χ4n) is 3.09. The van der Waals surface area contributed by atoms with E-state index in [2.05, 4.69) is 35.6 Å². The Bertz CT molecular complexity index is 741. The number of carbonyl (C=O) groups is 2. The van der Waals surface area contributed by atoms with Crippen molar-refractivity contribution >= 4 is 34.4 Å². The number of fused-ring (bicyclic) bond motifs is 1. The maximum Gasteiger partial charge on any atom is 0.307 e. The molecular formula is C19H21NO3S.